The lowest BCUT2D eigenvalue weighted by molar-refractivity contribution is 0.666. The molecule has 0 aliphatic heterocycles. The molecule has 1 atom stereocenters. The molecule has 0 bridgehead atoms. The van der Waals surface area contributed by atoms with E-state index < -0.39 is 0 Å². The van der Waals surface area contributed by atoms with E-state index in [0.717, 1.165) is 34.3 Å². The van der Waals surface area contributed by atoms with Gasteiger partial charge in [-0.2, -0.15) is 5.10 Å². The summed E-state index contributed by atoms with van der Waals surface area (Å²) in [5.41, 5.74) is 10.5. The third-order valence-electron chi connectivity index (χ3n) is 3.64. The molecule has 0 aliphatic carbocycles. The second-order valence-electron chi connectivity index (χ2n) is 4.97. The fourth-order valence-electron chi connectivity index (χ4n) is 2.45. The number of nitrogens with two attached hydrogens (primary N) is 1. The summed E-state index contributed by atoms with van der Waals surface area (Å²) in [5, 5.41) is 5.59. The largest absolute Gasteiger partial charge is 0.319 e. The lowest BCUT2D eigenvalue weighted by Gasteiger charge is -2.13. The summed E-state index contributed by atoms with van der Waals surface area (Å²) in [6, 6.07) is 12.1. The number of fused-ring (bicyclic) bond motifs is 1. The highest BCUT2D eigenvalue weighted by molar-refractivity contribution is 5.79. The summed E-state index contributed by atoms with van der Waals surface area (Å²) >= 11 is 0. The molecule has 4 heteroatoms. The first kappa shape index (κ1) is 12.8. The first-order chi connectivity index (χ1) is 9.69. The molecule has 1 unspecified atom stereocenters. The zero-order chi connectivity index (χ0) is 14.1. The molecule has 0 aliphatic rings. The maximum absolute atomic E-state index is 6.39. The van der Waals surface area contributed by atoms with Crippen LogP contribution in [0.3, 0.4) is 0 Å². The summed E-state index contributed by atoms with van der Waals surface area (Å²) < 4.78 is 1.87. The fourth-order valence-corrected chi connectivity index (χ4v) is 2.45. The fraction of sp³-hybridized carbons (Fsp3) is 0.250. The van der Waals surface area contributed by atoms with Crippen LogP contribution in [0.15, 0.2) is 42.6 Å². The van der Waals surface area contributed by atoms with Gasteiger partial charge in [-0.3, -0.25) is 9.67 Å². The van der Waals surface area contributed by atoms with Gasteiger partial charge in [-0.1, -0.05) is 25.1 Å². The van der Waals surface area contributed by atoms with Gasteiger partial charge >= 0.3 is 0 Å². The molecule has 0 spiro atoms. The van der Waals surface area contributed by atoms with Gasteiger partial charge in [0.1, 0.15) is 0 Å². The van der Waals surface area contributed by atoms with Crippen LogP contribution in [-0.4, -0.2) is 14.8 Å². The van der Waals surface area contributed by atoms with E-state index in [0.29, 0.717) is 0 Å². The van der Waals surface area contributed by atoms with Crippen molar-refractivity contribution in [3.63, 3.8) is 0 Å². The Labute approximate surface area is 118 Å². The lowest BCUT2D eigenvalue weighted by Crippen LogP contribution is -2.15. The minimum Gasteiger partial charge on any atom is -0.319 e. The van der Waals surface area contributed by atoms with Crippen molar-refractivity contribution in [2.75, 3.05) is 0 Å². The Morgan fingerprint density at radius 3 is 2.85 bits per heavy atom. The number of hydrogen-bond donors (Lipinski definition) is 1. The van der Waals surface area contributed by atoms with E-state index in [-0.39, 0.29) is 6.04 Å². The van der Waals surface area contributed by atoms with Crippen molar-refractivity contribution < 1.29 is 0 Å². The van der Waals surface area contributed by atoms with Crippen molar-refractivity contribution in [3.8, 4) is 0 Å². The average molecular weight is 266 g/mol. The van der Waals surface area contributed by atoms with E-state index in [1.54, 1.807) is 6.20 Å². The molecule has 20 heavy (non-hydrogen) atoms. The zero-order valence-corrected chi connectivity index (χ0v) is 11.7. The standard InChI is InChI=1S/C16H18N4/c1-3-13-10-15(20(2)19-13)16(17)12-7-6-11-5-4-8-18-14(11)9-12/h4-10,16H,3,17H2,1-2H3. The van der Waals surface area contributed by atoms with Crippen LogP contribution in [0.1, 0.15) is 29.9 Å². The van der Waals surface area contributed by atoms with Gasteiger partial charge in [0.15, 0.2) is 0 Å². The second kappa shape index (κ2) is 5.06. The van der Waals surface area contributed by atoms with Crippen LogP contribution >= 0.6 is 0 Å². The summed E-state index contributed by atoms with van der Waals surface area (Å²) in [6.45, 7) is 2.09. The molecule has 3 aromatic rings. The van der Waals surface area contributed by atoms with Crippen LogP contribution in [-0.2, 0) is 13.5 Å². The molecule has 2 heterocycles. The van der Waals surface area contributed by atoms with Gasteiger partial charge in [-0.05, 0) is 30.2 Å². The molecule has 0 radical (unpaired) electrons. The molecule has 2 N–H and O–H groups in total. The molecular weight excluding hydrogens is 248 g/mol. The summed E-state index contributed by atoms with van der Waals surface area (Å²) in [5.74, 6) is 0. The zero-order valence-electron chi connectivity index (χ0n) is 11.7. The Kier molecular flexibility index (Phi) is 3.24. The number of aromatic nitrogens is 3. The van der Waals surface area contributed by atoms with Gasteiger partial charge in [0.25, 0.3) is 0 Å². The second-order valence-corrected chi connectivity index (χ2v) is 4.97. The SMILES string of the molecule is CCc1cc(C(N)c2ccc3cccnc3c2)n(C)n1. The third kappa shape index (κ3) is 2.18. The molecule has 2 aromatic heterocycles. The van der Waals surface area contributed by atoms with E-state index in [2.05, 4.69) is 47.3 Å². The Bertz CT molecular complexity index is 745. The number of hydrogen-bond acceptors (Lipinski definition) is 3. The molecular formula is C16H18N4. The van der Waals surface area contributed by atoms with Crippen LogP contribution in [0.25, 0.3) is 10.9 Å². The Hall–Kier alpha value is -2.20. The molecule has 0 saturated carbocycles. The van der Waals surface area contributed by atoms with Gasteiger partial charge in [-0.25, -0.2) is 0 Å². The highest BCUT2D eigenvalue weighted by Gasteiger charge is 2.15. The molecule has 0 saturated heterocycles. The summed E-state index contributed by atoms with van der Waals surface area (Å²) in [6.07, 6.45) is 2.72. The van der Waals surface area contributed by atoms with Crippen molar-refractivity contribution in [2.24, 2.45) is 12.8 Å². The van der Waals surface area contributed by atoms with Crippen LogP contribution < -0.4 is 5.73 Å². The Morgan fingerprint density at radius 1 is 1.25 bits per heavy atom. The van der Waals surface area contributed by atoms with Crippen LogP contribution in [0.2, 0.25) is 0 Å². The van der Waals surface area contributed by atoms with Crippen molar-refractivity contribution in [1.82, 2.24) is 14.8 Å². The van der Waals surface area contributed by atoms with E-state index in [1.165, 1.54) is 0 Å². The van der Waals surface area contributed by atoms with Crippen molar-refractivity contribution in [3.05, 3.63) is 59.5 Å². The predicted molar refractivity (Wildman–Crippen MR) is 80.4 cm³/mol. The van der Waals surface area contributed by atoms with Crippen LogP contribution in [0.4, 0.5) is 0 Å². The quantitative estimate of drug-likeness (QED) is 0.792. The van der Waals surface area contributed by atoms with Crippen molar-refractivity contribution in [2.45, 2.75) is 19.4 Å². The third-order valence-corrected chi connectivity index (χ3v) is 3.64. The minimum atomic E-state index is -0.181. The first-order valence-electron chi connectivity index (χ1n) is 6.82. The van der Waals surface area contributed by atoms with E-state index >= 15 is 0 Å². The maximum atomic E-state index is 6.39. The van der Waals surface area contributed by atoms with Crippen molar-refractivity contribution in [1.29, 1.82) is 0 Å². The van der Waals surface area contributed by atoms with E-state index in [4.69, 9.17) is 5.73 Å². The monoisotopic (exact) mass is 266 g/mol. The molecule has 4 nitrogen and oxygen atoms in total. The smallest absolute Gasteiger partial charge is 0.0724 e. The van der Waals surface area contributed by atoms with Gasteiger partial charge in [0, 0.05) is 18.6 Å². The number of benzene rings is 1. The molecule has 3 rings (SSSR count). The first-order valence-corrected chi connectivity index (χ1v) is 6.82. The van der Waals surface area contributed by atoms with Crippen molar-refractivity contribution >= 4 is 10.9 Å². The lowest BCUT2D eigenvalue weighted by atomic mass is 10.0. The molecule has 102 valence electrons. The number of aryl methyl sites for hydroxylation is 2. The minimum absolute atomic E-state index is 0.181. The van der Waals surface area contributed by atoms with Gasteiger partial charge < -0.3 is 5.73 Å². The van der Waals surface area contributed by atoms with E-state index in [9.17, 15) is 0 Å². The normalized spacial score (nSPS) is 12.8. The highest BCUT2D eigenvalue weighted by atomic mass is 15.3. The van der Waals surface area contributed by atoms with E-state index in [1.807, 2.05) is 17.8 Å². The van der Waals surface area contributed by atoms with Gasteiger partial charge in [-0.15, -0.1) is 0 Å². The van der Waals surface area contributed by atoms with Gasteiger partial charge in [0.2, 0.25) is 0 Å². The summed E-state index contributed by atoms with van der Waals surface area (Å²) in [4.78, 5) is 4.38. The van der Waals surface area contributed by atoms with Crippen LogP contribution in [0.5, 0.6) is 0 Å². The topological polar surface area (TPSA) is 56.7 Å². The predicted octanol–water partition coefficient (Wildman–Crippen LogP) is 2.58. The number of pyridine rings is 1. The number of nitrogens with zero attached hydrogens (tertiary/aromatic N) is 3. The molecule has 0 amide bonds. The highest BCUT2D eigenvalue weighted by Crippen LogP contribution is 2.23. The molecule has 1 aromatic carbocycles. The number of rotatable bonds is 3. The molecule has 0 fully saturated rings. The van der Waals surface area contributed by atoms with Gasteiger partial charge in [0.05, 0.1) is 22.9 Å². The Morgan fingerprint density at radius 2 is 2.10 bits per heavy atom. The summed E-state index contributed by atoms with van der Waals surface area (Å²) in [7, 11) is 1.94. The Balaban J connectivity index is 2.02. The maximum Gasteiger partial charge on any atom is 0.0724 e. The van der Waals surface area contributed by atoms with Crippen LogP contribution in [0, 0.1) is 0 Å². The average Bonchev–Trinajstić information content (AvgIpc) is 2.87.